The molecule has 0 saturated carbocycles. The Morgan fingerprint density at radius 3 is 2.60 bits per heavy atom. The number of nitrogen functional groups attached to an aromatic ring is 1. The Bertz CT molecular complexity index is 726. The molecule has 0 bridgehead atoms. The molecule has 2 rings (SSSR count). The molecule has 0 aliphatic carbocycles. The fourth-order valence-electron chi connectivity index (χ4n) is 2.15. The van der Waals surface area contributed by atoms with Gasteiger partial charge in [-0.2, -0.15) is 4.31 Å². The lowest BCUT2D eigenvalue weighted by Crippen LogP contribution is -2.34. The second kappa shape index (κ2) is 5.42. The minimum absolute atomic E-state index is 0.0379. The van der Waals surface area contributed by atoms with Crippen LogP contribution in [0.2, 0.25) is 0 Å². The van der Waals surface area contributed by atoms with E-state index in [-0.39, 0.29) is 6.04 Å². The molecule has 0 heterocycles. The van der Waals surface area contributed by atoms with Gasteiger partial charge in [0.15, 0.2) is 0 Å². The van der Waals surface area contributed by atoms with E-state index in [2.05, 4.69) is 0 Å². The van der Waals surface area contributed by atoms with Crippen LogP contribution in [0.4, 0.5) is 5.69 Å². The van der Waals surface area contributed by atoms with Crippen molar-refractivity contribution in [3.8, 4) is 0 Å². The molecule has 2 aromatic rings. The summed E-state index contributed by atoms with van der Waals surface area (Å²) in [5.41, 5.74) is 6.38. The second-order valence-corrected chi connectivity index (χ2v) is 6.98. The minimum atomic E-state index is -3.50. The normalized spacial score (nSPS) is 13.8. The molecule has 20 heavy (non-hydrogen) atoms. The highest BCUT2D eigenvalue weighted by molar-refractivity contribution is 7.89. The second-order valence-electron chi connectivity index (χ2n) is 5.02. The highest BCUT2D eigenvalue weighted by Crippen LogP contribution is 2.27. The van der Waals surface area contributed by atoms with Crippen LogP contribution in [0.15, 0.2) is 41.3 Å². The summed E-state index contributed by atoms with van der Waals surface area (Å²) in [4.78, 5) is 0.331. The van der Waals surface area contributed by atoms with Crippen molar-refractivity contribution in [2.75, 3.05) is 12.8 Å². The van der Waals surface area contributed by atoms with Crippen molar-refractivity contribution in [3.63, 3.8) is 0 Å². The van der Waals surface area contributed by atoms with Crippen LogP contribution >= 0.6 is 0 Å². The van der Waals surface area contributed by atoms with Crippen LogP contribution in [0.5, 0.6) is 0 Å². The molecule has 0 saturated heterocycles. The maximum Gasteiger partial charge on any atom is 0.243 e. The minimum Gasteiger partial charge on any atom is -0.399 e. The van der Waals surface area contributed by atoms with Crippen LogP contribution in [0.1, 0.15) is 20.3 Å². The Hall–Kier alpha value is -1.59. The van der Waals surface area contributed by atoms with E-state index in [0.717, 1.165) is 11.8 Å². The summed E-state index contributed by atoms with van der Waals surface area (Å²) in [6, 6.07) is 10.5. The Morgan fingerprint density at radius 1 is 1.25 bits per heavy atom. The number of sulfonamides is 1. The predicted octanol–water partition coefficient (Wildman–Crippen LogP) is 2.84. The Labute approximate surface area is 120 Å². The Kier molecular flexibility index (Phi) is 4.01. The monoisotopic (exact) mass is 292 g/mol. The van der Waals surface area contributed by atoms with Crippen LogP contribution in [0, 0.1) is 0 Å². The highest BCUT2D eigenvalue weighted by atomic mass is 32.2. The van der Waals surface area contributed by atoms with Crippen LogP contribution in [0.3, 0.4) is 0 Å². The van der Waals surface area contributed by atoms with Crippen LogP contribution in [-0.2, 0) is 10.0 Å². The highest BCUT2D eigenvalue weighted by Gasteiger charge is 2.25. The third-order valence-corrected chi connectivity index (χ3v) is 5.76. The average molecular weight is 292 g/mol. The van der Waals surface area contributed by atoms with Gasteiger partial charge in [0, 0.05) is 24.2 Å². The fourth-order valence-corrected chi connectivity index (χ4v) is 3.79. The van der Waals surface area contributed by atoms with Gasteiger partial charge >= 0.3 is 0 Å². The first-order valence-electron chi connectivity index (χ1n) is 6.64. The number of nitrogens with zero attached hydrogens (tertiary/aromatic N) is 1. The number of hydrogen-bond donors (Lipinski definition) is 1. The molecule has 0 fully saturated rings. The first-order valence-corrected chi connectivity index (χ1v) is 8.08. The van der Waals surface area contributed by atoms with E-state index in [4.69, 9.17) is 5.73 Å². The molecule has 1 unspecified atom stereocenters. The number of benzene rings is 2. The number of anilines is 1. The lowest BCUT2D eigenvalue weighted by Gasteiger charge is -2.24. The maximum absolute atomic E-state index is 12.7. The first kappa shape index (κ1) is 14.8. The summed E-state index contributed by atoms with van der Waals surface area (Å²) in [6.07, 6.45) is 0.771. The third kappa shape index (κ3) is 2.51. The predicted molar refractivity (Wildman–Crippen MR) is 83.1 cm³/mol. The van der Waals surface area contributed by atoms with Gasteiger partial charge in [-0.15, -0.1) is 0 Å². The molecule has 1 atom stereocenters. The zero-order chi connectivity index (χ0) is 14.9. The lowest BCUT2D eigenvalue weighted by molar-refractivity contribution is 0.381. The Morgan fingerprint density at radius 2 is 1.95 bits per heavy atom. The molecular formula is C15H20N2O2S. The number of hydrogen-bond acceptors (Lipinski definition) is 3. The zero-order valence-corrected chi connectivity index (χ0v) is 12.8. The average Bonchev–Trinajstić information content (AvgIpc) is 2.44. The molecule has 0 aromatic heterocycles. The van der Waals surface area contributed by atoms with Crippen LogP contribution in [-0.4, -0.2) is 25.8 Å². The molecule has 0 radical (unpaired) electrons. The molecule has 5 heteroatoms. The van der Waals surface area contributed by atoms with Gasteiger partial charge in [0.1, 0.15) is 0 Å². The van der Waals surface area contributed by atoms with E-state index < -0.39 is 10.0 Å². The summed E-state index contributed by atoms with van der Waals surface area (Å²) in [6.45, 7) is 3.88. The van der Waals surface area contributed by atoms with Crippen molar-refractivity contribution < 1.29 is 8.42 Å². The van der Waals surface area contributed by atoms with Gasteiger partial charge in [-0.05, 0) is 36.9 Å². The standard InChI is InChI=1S/C15H20N2O2S/c1-4-11(2)17(3)20(18,19)15-7-5-6-12-10-13(16)8-9-14(12)15/h5-11H,4,16H2,1-3H3. The number of nitrogens with two attached hydrogens (primary N) is 1. The van der Waals surface area contributed by atoms with E-state index in [0.29, 0.717) is 16.0 Å². The van der Waals surface area contributed by atoms with Crippen molar-refractivity contribution in [2.45, 2.75) is 31.2 Å². The van der Waals surface area contributed by atoms with Crippen molar-refractivity contribution in [2.24, 2.45) is 0 Å². The van der Waals surface area contributed by atoms with Crippen molar-refractivity contribution >= 4 is 26.5 Å². The van der Waals surface area contributed by atoms with Crippen LogP contribution < -0.4 is 5.73 Å². The maximum atomic E-state index is 12.7. The molecule has 4 nitrogen and oxygen atoms in total. The van der Waals surface area contributed by atoms with Gasteiger partial charge in [0.2, 0.25) is 10.0 Å². The van der Waals surface area contributed by atoms with Gasteiger partial charge in [0.05, 0.1) is 4.90 Å². The molecule has 108 valence electrons. The van der Waals surface area contributed by atoms with Crippen molar-refractivity contribution in [1.29, 1.82) is 0 Å². The molecule has 0 amide bonds. The van der Waals surface area contributed by atoms with Gasteiger partial charge in [-0.3, -0.25) is 0 Å². The zero-order valence-electron chi connectivity index (χ0n) is 12.0. The molecule has 2 aromatic carbocycles. The van der Waals surface area contributed by atoms with Crippen molar-refractivity contribution in [1.82, 2.24) is 4.31 Å². The summed E-state index contributed by atoms with van der Waals surface area (Å²) in [5.74, 6) is 0. The quantitative estimate of drug-likeness (QED) is 0.881. The number of rotatable bonds is 4. The van der Waals surface area contributed by atoms with Gasteiger partial charge in [0.25, 0.3) is 0 Å². The van der Waals surface area contributed by atoms with E-state index in [1.54, 1.807) is 37.4 Å². The van der Waals surface area contributed by atoms with Crippen molar-refractivity contribution in [3.05, 3.63) is 36.4 Å². The van der Waals surface area contributed by atoms with E-state index >= 15 is 0 Å². The molecular weight excluding hydrogens is 272 g/mol. The number of fused-ring (bicyclic) bond motifs is 1. The molecule has 0 aliphatic rings. The summed E-state index contributed by atoms with van der Waals surface area (Å²) in [5, 5.41) is 1.54. The van der Waals surface area contributed by atoms with E-state index in [1.165, 1.54) is 4.31 Å². The SMILES string of the molecule is CCC(C)N(C)S(=O)(=O)c1cccc2cc(N)ccc12. The summed E-state index contributed by atoms with van der Waals surface area (Å²) < 4.78 is 26.9. The van der Waals surface area contributed by atoms with E-state index in [9.17, 15) is 8.42 Å². The van der Waals surface area contributed by atoms with Gasteiger partial charge < -0.3 is 5.73 Å². The third-order valence-electron chi connectivity index (χ3n) is 3.73. The van der Waals surface area contributed by atoms with E-state index in [1.807, 2.05) is 19.9 Å². The van der Waals surface area contributed by atoms with Gasteiger partial charge in [-0.25, -0.2) is 8.42 Å². The Balaban J connectivity index is 2.63. The largest absolute Gasteiger partial charge is 0.399 e. The molecule has 0 spiro atoms. The topological polar surface area (TPSA) is 63.4 Å². The molecule has 2 N–H and O–H groups in total. The summed E-state index contributed by atoms with van der Waals surface area (Å²) in [7, 11) is -1.87. The smallest absolute Gasteiger partial charge is 0.243 e. The molecule has 0 aliphatic heterocycles. The fraction of sp³-hybridized carbons (Fsp3) is 0.333. The summed E-state index contributed by atoms with van der Waals surface area (Å²) >= 11 is 0. The first-order chi connectivity index (χ1) is 9.37. The lowest BCUT2D eigenvalue weighted by atomic mass is 10.1. The van der Waals surface area contributed by atoms with Crippen LogP contribution in [0.25, 0.3) is 10.8 Å². The van der Waals surface area contributed by atoms with Gasteiger partial charge in [-0.1, -0.05) is 25.1 Å².